The summed E-state index contributed by atoms with van der Waals surface area (Å²) in [6.45, 7) is 2.20. The molecule has 5 heteroatoms. The average molecular weight is 333 g/mol. The van der Waals surface area contributed by atoms with Crippen LogP contribution in [0.3, 0.4) is 0 Å². The van der Waals surface area contributed by atoms with Crippen LogP contribution >= 0.6 is 22.7 Å². The van der Waals surface area contributed by atoms with Crippen molar-refractivity contribution in [3.8, 4) is 0 Å². The Balaban J connectivity index is 1.63. The van der Waals surface area contributed by atoms with E-state index in [2.05, 4.69) is 22.8 Å². The van der Waals surface area contributed by atoms with Gasteiger partial charge < -0.3 is 10.1 Å². The van der Waals surface area contributed by atoms with E-state index in [1.165, 1.54) is 4.88 Å². The van der Waals surface area contributed by atoms with Crippen LogP contribution in [0.15, 0.2) is 40.4 Å². The molecule has 0 saturated carbocycles. The van der Waals surface area contributed by atoms with E-state index >= 15 is 0 Å². The molecule has 0 aromatic carbocycles. The van der Waals surface area contributed by atoms with Gasteiger partial charge in [-0.05, 0) is 52.8 Å². The van der Waals surface area contributed by atoms with Crippen LogP contribution in [0.4, 0.5) is 0 Å². The molecule has 116 valence electrons. The van der Waals surface area contributed by atoms with Gasteiger partial charge in [0.15, 0.2) is 0 Å². The van der Waals surface area contributed by atoms with Gasteiger partial charge in [-0.3, -0.25) is 4.79 Å². The maximum atomic E-state index is 12.1. The van der Waals surface area contributed by atoms with Gasteiger partial charge in [0, 0.05) is 36.1 Å². The number of amides is 1. The van der Waals surface area contributed by atoms with E-state index in [0.29, 0.717) is 6.54 Å². The summed E-state index contributed by atoms with van der Waals surface area (Å²) in [5.74, 6) is -0.0337. The van der Waals surface area contributed by atoms with Crippen molar-refractivity contribution < 1.29 is 9.53 Å². The largest absolute Gasteiger partial charge is 0.381 e. The minimum atomic E-state index is -0.0337. The van der Waals surface area contributed by atoms with Crippen LogP contribution in [0.2, 0.25) is 0 Å². The molecule has 22 heavy (non-hydrogen) atoms. The zero-order chi connectivity index (χ0) is 15.3. The van der Waals surface area contributed by atoms with Gasteiger partial charge in [-0.2, -0.15) is 11.3 Å². The van der Waals surface area contributed by atoms with Crippen LogP contribution < -0.4 is 5.32 Å². The molecule has 1 aliphatic rings. The molecule has 3 rings (SSSR count). The Hall–Kier alpha value is -1.43. The average Bonchev–Trinajstić information content (AvgIpc) is 3.25. The fraction of sp³-hybridized carbons (Fsp3) is 0.353. The zero-order valence-corrected chi connectivity index (χ0v) is 13.9. The molecule has 1 aliphatic heterocycles. The molecule has 0 atom stereocenters. The maximum absolute atomic E-state index is 12.1. The van der Waals surface area contributed by atoms with Gasteiger partial charge in [-0.15, -0.1) is 11.3 Å². The van der Waals surface area contributed by atoms with E-state index in [4.69, 9.17) is 4.74 Å². The second-order valence-corrected chi connectivity index (χ2v) is 7.21. The van der Waals surface area contributed by atoms with Gasteiger partial charge in [0.25, 0.3) is 0 Å². The summed E-state index contributed by atoms with van der Waals surface area (Å²) in [6.07, 6.45) is 5.39. The maximum Gasteiger partial charge on any atom is 0.244 e. The number of carbonyl (C=O) groups is 1. The van der Waals surface area contributed by atoms with Gasteiger partial charge in [0.1, 0.15) is 0 Å². The van der Waals surface area contributed by atoms with Crippen molar-refractivity contribution in [2.75, 3.05) is 19.8 Å². The Morgan fingerprint density at radius 1 is 1.32 bits per heavy atom. The predicted molar refractivity (Wildman–Crippen MR) is 92.4 cm³/mol. The molecule has 1 N–H and O–H groups in total. The Kier molecular flexibility index (Phi) is 5.08. The normalized spacial score (nSPS) is 17.6. The molecule has 3 nitrogen and oxygen atoms in total. The fourth-order valence-electron chi connectivity index (χ4n) is 2.71. The molecule has 0 spiro atoms. The lowest BCUT2D eigenvalue weighted by atomic mass is 9.78. The van der Waals surface area contributed by atoms with E-state index in [-0.39, 0.29) is 11.3 Å². The molecular weight excluding hydrogens is 314 g/mol. The molecule has 0 bridgehead atoms. The number of ether oxygens (including phenoxy) is 1. The van der Waals surface area contributed by atoms with Gasteiger partial charge in [-0.25, -0.2) is 0 Å². The van der Waals surface area contributed by atoms with Crippen molar-refractivity contribution in [3.63, 3.8) is 0 Å². The molecule has 2 aromatic rings. The van der Waals surface area contributed by atoms with Crippen LogP contribution in [0.25, 0.3) is 6.08 Å². The Morgan fingerprint density at radius 2 is 2.18 bits per heavy atom. The molecule has 1 amide bonds. The monoisotopic (exact) mass is 333 g/mol. The van der Waals surface area contributed by atoms with Gasteiger partial charge in [0.2, 0.25) is 5.91 Å². The first-order valence-electron chi connectivity index (χ1n) is 7.38. The van der Waals surface area contributed by atoms with Gasteiger partial charge >= 0.3 is 0 Å². The van der Waals surface area contributed by atoms with E-state index in [1.54, 1.807) is 28.7 Å². The quantitative estimate of drug-likeness (QED) is 0.848. The van der Waals surface area contributed by atoms with Crippen molar-refractivity contribution >= 4 is 34.7 Å². The summed E-state index contributed by atoms with van der Waals surface area (Å²) in [5, 5.41) is 9.20. The molecule has 1 fully saturated rings. The van der Waals surface area contributed by atoms with E-state index in [1.807, 2.05) is 22.9 Å². The summed E-state index contributed by atoms with van der Waals surface area (Å²) in [4.78, 5) is 13.4. The van der Waals surface area contributed by atoms with E-state index in [9.17, 15) is 4.79 Å². The standard InChI is InChI=1S/C17H19NO2S2/c19-16(4-3-14-5-11-21-12-14)18-13-17(6-8-20-9-7-17)15-2-1-10-22-15/h1-5,10-12H,6-9,13H2,(H,18,19)/b4-3+. The second-order valence-electron chi connectivity index (χ2n) is 5.48. The highest BCUT2D eigenvalue weighted by Gasteiger charge is 2.35. The fourth-order valence-corrected chi connectivity index (χ4v) is 4.33. The molecule has 2 aromatic heterocycles. The summed E-state index contributed by atoms with van der Waals surface area (Å²) < 4.78 is 5.51. The molecule has 3 heterocycles. The molecule has 1 saturated heterocycles. The smallest absolute Gasteiger partial charge is 0.244 e. The van der Waals surface area contributed by atoms with Crippen LogP contribution in [0.5, 0.6) is 0 Å². The van der Waals surface area contributed by atoms with Crippen molar-refractivity contribution in [2.24, 2.45) is 0 Å². The van der Waals surface area contributed by atoms with Crippen molar-refractivity contribution in [2.45, 2.75) is 18.3 Å². The van der Waals surface area contributed by atoms with E-state index < -0.39 is 0 Å². The molecule has 0 aliphatic carbocycles. The van der Waals surface area contributed by atoms with Crippen molar-refractivity contribution in [3.05, 3.63) is 50.9 Å². The number of hydrogen-bond donors (Lipinski definition) is 1. The summed E-state index contributed by atoms with van der Waals surface area (Å²) in [6, 6.07) is 6.25. The van der Waals surface area contributed by atoms with Crippen molar-refractivity contribution in [1.29, 1.82) is 0 Å². The van der Waals surface area contributed by atoms with Crippen LogP contribution in [-0.2, 0) is 14.9 Å². The number of carbonyl (C=O) groups excluding carboxylic acids is 1. The molecular formula is C17H19NO2S2. The third-order valence-corrected chi connectivity index (χ3v) is 5.88. The minimum absolute atomic E-state index is 0.0261. The first kappa shape index (κ1) is 15.5. The summed E-state index contributed by atoms with van der Waals surface area (Å²) in [7, 11) is 0. The van der Waals surface area contributed by atoms with Crippen LogP contribution in [0, 0.1) is 0 Å². The second kappa shape index (κ2) is 7.22. The number of nitrogens with one attached hydrogen (secondary N) is 1. The van der Waals surface area contributed by atoms with Crippen molar-refractivity contribution in [1.82, 2.24) is 5.32 Å². The van der Waals surface area contributed by atoms with Crippen LogP contribution in [-0.4, -0.2) is 25.7 Å². The lowest BCUT2D eigenvalue weighted by molar-refractivity contribution is -0.116. The summed E-state index contributed by atoms with van der Waals surface area (Å²) in [5.41, 5.74) is 1.09. The molecule has 0 unspecified atom stereocenters. The zero-order valence-electron chi connectivity index (χ0n) is 12.3. The molecule has 0 radical (unpaired) electrons. The predicted octanol–water partition coefficient (Wildman–Crippen LogP) is 3.69. The lowest BCUT2D eigenvalue weighted by Gasteiger charge is -2.36. The third-order valence-electron chi connectivity index (χ3n) is 4.07. The topological polar surface area (TPSA) is 38.3 Å². The first-order chi connectivity index (χ1) is 10.8. The minimum Gasteiger partial charge on any atom is -0.381 e. The Labute approximate surface area is 138 Å². The SMILES string of the molecule is O=C(/C=C/c1ccsc1)NCC1(c2cccs2)CCOCC1. The highest BCUT2D eigenvalue weighted by Crippen LogP contribution is 2.36. The van der Waals surface area contributed by atoms with E-state index in [0.717, 1.165) is 31.6 Å². The lowest BCUT2D eigenvalue weighted by Crippen LogP contribution is -2.43. The summed E-state index contributed by atoms with van der Waals surface area (Å²) >= 11 is 3.40. The highest BCUT2D eigenvalue weighted by molar-refractivity contribution is 7.10. The third kappa shape index (κ3) is 3.66. The first-order valence-corrected chi connectivity index (χ1v) is 9.21. The Bertz CT molecular complexity index is 611. The van der Waals surface area contributed by atoms with Gasteiger partial charge in [0.05, 0.1) is 0 Å². The number of hydrogen-bond acceptors (Lipinski definition) is 4. The number of rotatable bonds is 5. The van der Waals surface area contributed by atoms with Gasteiger partial charge in [-0.1, -0.05) is 6.07 Å². The number of thiophene rings is 2. The van der Waals surface area contributed by atoms with Crippen LogP contribution in [0.1, 0.15) is 23.3 Å². The Morgan fingerprint density at radius 3 is 2.86 bits per heavy atom. The highest BCUT2D eigenvalue weighted by atomic mass is 32.1.